The van der Waals surface area contributed by atoms with E-state index < -0.39 is 15.8 Å². The summed E-state index contributed by atoms with van der Waals surface area (Å²) in [5, 5.41) is 0. The standard InChI is InChI=1S/C16H18I2/c1-13(2)12-14-8-10-16(11-9-14)18(17)15-6-4-3-5-7-15/h3-11,13H,12H2,1-2H3. The number of halogens is 2. The van der Waals surface area contributed by atoms with Crippen LogP contribution in [-0.4, -0.2) is 0 Å². The molecule has 0 aromatic heterocycles. The third kappa shape index (κ3) is 3.95. The maximum atomic E-state index is 2.67. The van der Waals surface area contributed by atoms with Gasteiger partial charge in [0.2, 0.25) is 0 Å². The van der Waals surface area contributed by atoms with Gasteiger partial charge < -0.3 is 0 Å². The summed E-state index contributed by atoms with van der Waals surface area (Å²) in [4.78, 5) is 0. The first-order chi connectivity index (χ1) is 8.66. The van der Waals surface area contributed by atoms with E-state index in [-0.39, 0.29) is 0 Å². The Hall–Kier alpha value is -0.100. The molecule has 18 heavy (non-hydrogen) atoms. The first-order valence-electron chi connectivity index (χ1n) is 6.17. The summed E-state index contributed by atoms with van der Waals surface area (Å²) in [5.41, 5.74) is 1.46. The molecule has 0 nitrogen and oxygen atoms in total. The first kappa shape index (κ1) is 14.3. The van der Waals surface area contributed by atoms with Crippen LogP contribution < -0.4 is 0 Å². The van der Waals surface area contributed by atoms with E-state index in [1.54, 1.807) is 3.57 Å². The van der Waals surface area contributed by atoms with Crippen LogP contribution in [0.2, 0.25) is 0 Å². The molecular weight excluding hydrogens is 446 g/mol. The fourth-order valence-corrected chi connectivity index (χ4v) is 8.26. The van der Waals surface area contributed by atoms with Crippen molar-refractivity contribution >= 4 is 34.5 Å². The van der Waals surface area contributed by atoms with Crippen LogP contribution in [0.1, 0.15) is 19.4 Å². The summed E-state index contributed by atoms with van der Waals surface area (Å²) >= 11 is 1.48. The average Bonchev–Trinajstić information content (AvgIpc) is 2.39. The van der Waals surface area contributed by atoms with Crippen molar-refractivity contribution < 1.29 is 0 Å². The Morgan fingerprint density at radius 1 is 0.889 bits per heavy atom. The molecule has 0 aliphatic rings. The molecule has 0 aliphatic carbocycles. The van der Waals surface area contributed by atoms with Gasteiger partial charge in [-0.3, -0.25) is 0 Å². The molecule has 0 fully saturated rings. The molecule has 0 atom stereocenters. The SMILES string of the molecule is CC(C)Cc1ccc(I(I)c2ccccc2)cc1. The van der Waals surface area contributed by atoms with Crippen molar-refractivity contribution in [2.24, 2.45) is 5.92 Å². The predicted octanol–water partition coefficient (Wildman–Crippen LogP) is 5.78. The molecule has 0 spiro atoms. The van der Waals surface area contributed by atoms with Gasteiger partial charge in [-0.15, -0.1) is 0 Å². The summed E-state index contributed by atoms with van der Waals surface area (Å²) in [5.74, 6) is 0.735. The topological polar surface area (TPSA) is 0 Å². The monoisotopic (exact) mass is 464 g/mol. The van der Waals surface area contributed by atoms with E-state index in [4.69, 9.17) is 0 Å². The molecule has 0 saturated carbocycles. The van der Waals surface area contributed by atoms with Crippen molar-refractivity contribution in [2.45, 2.75) is 20.3 Å². The fourth-order valence-electron chi connectivity index (χ4n) is 1.85. The summed E-state index contributed by atoms with van der Waals surface area (Å²) < 4.78 is 3.07. The molecule has 0 aliphatic heterocycles. The Balaban J connectivity index is 2.14. The van der Waals surface area contributed by atoms with E-state index in [1.165, 1.54) is 15.6 Å². The van der Waals surface area contributed by atoms with Crippen LogP contribution in [0.4, 0.5) is 0 Å². The van der Waals surface area contributed by atoms with Crippen molar-refractivity contribution in [2.75, 3.05) is 0 Å². The molecule has 96 valence electrons. The fraction of sp³-hybridized carbons (Fsp3) is 0.250. The van der Waals surface area contributed by atoms with Gasteiger partial charge in [0.25, 0.3) is 0 Å². The van der Waals surface area contributed by atoms with E-state index in [0.29, 0.717) is 0 Å². The van der Waals surface area contributed by atoms with Crippen molar-refractivity contribution in [3.05, 3.63) is 67.3 Å². The van der Waals surface area contributed by atoms with Crippen molar-refractivity contribution in [1.29, 1.82) is 0 Å². The van der Waals surface area contributed by atoms with Crippen LogP contribution in [-0.2, 0) is 6.42 Å². The van der Waals surface area contributed by atoms with Crippen LogP contribution >= 0.6 is 34.5 Å². The molecule has 2 rings (SSSR count). The van der Waals surface area contributed by atoms with Crippen LogP contribution in [0.5, 0.6) is 0 Å². The van der Waals surface area contributed by atoms with E-state index in [9.17, 15) is 0 Å². The summed E-state index contributed by atoms with van der Waals surface area (Å²) in [6.45, 7) is 4.55. The second-order valence-electron chi connectivity index (χ2n) is 4.76. The Kier molecular flexibility index (Phi) is 5.48. The van der Waals surface area contributed by atoms with Gasteiger partial charge in [0, 0.05) is 0 Å². The van der Waals surface area contributed by atoms with Gasteiger partial charge in [-0.05, 0) is 0 Å². The van der Waals surface area contributed by atoms with Crippen molar-refractivity contribution in [3.63, 3.8) is 0 Å². The zero-order chi connectivity index (χ0) is 13.0. The summed E-state index contributed by atoms with van der Waals surface area (Å²) in [6, 6.07) is 20.2. The molecular formula is C16H18I2. The molecule has 0 saturated heterocycles. The number of benzene rings is 2. The predicted molar refractivity (Wildman–Crippen MR) is 96.9 cm³/mol. The van der Waals surface area contributed by atoms with Gasteiger partial charge in [0.1, 0.15) is 0 Å². The van der Waals surface area contributed by atoms with Gasteiger partial charge >= 0.3 is 128 Å². The number of hydrogen-bond acceptors (Lipinski definition) is 0. The van der Waals surface area contributed by atoms with Crippen LogP contribution in [0.3, 0.4) is 0 Å². The number of rotatable bonds is 4. The maximum absolute atomic E-state index is 2.67. The van der Waals surface area contributed by atoms with Gasteiger partial charge in [0.05, 0.1) is 0 Å². The van der Waals surface area contributed by atoms with Crippen LogP contribution in [0.25, 0.3) is 0 Å². The molecule has 0 heterocycles. The Bertz CT molecular complexity index is 474. The zero-order valence-electron chi connectivity index (χ0n) is 10.7. The first-order valence-corrected chi connectivity index (χ1v) is 14.6. The molecule has 0 unspecified atom stereocenters. The molecule has 2 heteroatoms. The van der Waals surface area contributed by atoms with Gasteiger partial charge in [-0.2, -0.15) is 0 Å². The van der Waals surface area contributed by atoms with Crippen molar-refractivity contribution in [3.8, 4) is 0 Å². The van der Waals surface area contributed by atoms with E-state index in [0.717, 1.165) is 5.92 Å². The molecule has 0 amide bonds. The van der Waals surface area contributed by atoms with E-state index in [2.05, 4.69) is 87.1 Å². The summed E-state index contributed by atoms with van der Waals surface area (Å²) in [7, 11) is 0. The third-order valence-electron chi connectivity index (χ3n) is 2.67. The quantitative estimate of drug-likeness (QED) is 0.504. The van der Waals surface area contributed by atoms with Crippen LogP contribution in [0, 0.1) is 13.1 Å². The third-order valence-corrected chi connectivity index (χ3v) is 12.6. The Morgan fingerprint density at radius 3 is 2.00 bits per heavy atom. The van der Waals surface area contributed by atoms with Crippen molar-refractivity contribution in [1.82, 2.24) is 0 Å². The number of hydrogen-bond donors (Lipinski definition) is 0. The van der Waals surface area contributed by atoms with Gasteiger partial charge in [0.15, 0.2) is 0 Å². The molecule has 2 aromatic carbocycles. The van der Waals surface area contributed by atoms with Gasteiger partial charge in [-0.1, -0.05) is 0 Å². The van der Waals surface area contributed by atoms with E-state index in [1.807, 2.05) is 0 Å². The van der Waals surface area contributed by atoms with Crippen LogP contribution in [0.15, 0.2) is 54.6 Å². The average molecular weight is 464 g/mol. The molecule has 0 N–H and O–H groups in total. The summed E-state index contributed by atoms with van der Waals surface area (Å²) in [6.07, 6.45) is 1.18. The molecule has 0 radical (unpaired) electrons. The molecule has 0 bridgehead atoms. The van der Waals surface area contributed by atoms with Gasteiger partial charge in [-0.25, -0.2) is 0 Å². The second-order valence-corrected chi connectivity index (χ2v) is 14.1. The molecule has 2 aromatic rings. The normalized spacial score (nSPS) is 11.7. The second kappa shape index (κ2) is 6.89. The zero-order valence-corrected chi connectivity index (χ0v) is 15.1. The Morgan fingerprint density at radius 2 is 1.44 bits per heavy atom. The van der Waals surface area contributed by atoms with E-state index >= 15 is 0 Å². The Labute approximate surface area is 127 Å². The minimum absolute atomic E-state index is 0.735. The minimum atomic E-state index is -1.19.